The topological polar surface area (TPSA) is 71.2 Å². The maximum atomic E-state index is 13.5. The molecule has 0 radical (unpaired) electrons. The van der Waals surface area contributed by atoms with Gasteiger partial charge in [0.05, 0.1) is 35.7 Å². The summed E-state index contributed by atoms with van der Waals surface area (Å²) in [7, 11) is 0. The summed E-state index contributed by atoms with van der Waals surface area (Å²) in [6.45, 7) is 7.75. The van der Waals surface area contributed by atoms with E-state index in [2.05, 4.69) is 29.8 Å². The van der Waals surface area contributed by atoms with Crippen molar-refractivity contribution in [3.8, 4) is 22.9 Å². The van der Waals surface area contributed by atoms with Crippen molar-refractivity contribution >= 4 is 16.6 Å². The van der Waals surface area contributed by atoms with Crippen LogP contribution in [0.3, 0.4) is 0 Å². The molecule has 0 N–H and O–H groups in total. The lowest BCUT2D eigenvalue weighted by Crippen LogP contribution is -2.45. The summed E-state index contributed by atoms with van der Waals surface area (Å²) in [5.74, 6) is 0.888. The van der Waals surface area contributed by atoms with Crippen LogP contribution in [-0.2, 0) is 4.74 Å². The average molecular weight is 451 g/mol. The van der Waals surface area contributed by atoms with Crippen molar-refractivity contribution < 1.29 is 4.74 Å². The smallest absolute Gasteiger partial charge is 0.263 e. The fourth-order valence-electron chi connectivity index (χ4n) is 4.83. The largest absolute Gasteiger partial charge is 0.372 e. The van der Waals surface area contributed by atoms with Gasteiger partial charge in [0.2, 0.25) is 0 Å². The second-order valence-electron chi connectivity index (χ2n) is 8.94. The maximum Gasteiger partial charge on any atom is 0.263 e. The minimum atomic E-state index is -0.0840. The first-order chi connectivity index (χ1) is 16.4. The molecular weight excluding hydrogens is 424 g/mol. The highest BCUT2D eigenvalue weighted by Gasteiger charge is 2.23. The minimum Gasteiger partial charge on any atom is -0.372 e. The van der Waals surface area contributed by atoms with Crippen molar-refractivity contribution in [3.63, 3.8) is 0 Å². The van der Waals surface area contributed by atoms with E-state index in [0.29, 0.717) is 10.9 Å². The summed E-state index contributed by atoms with van der Waals surface area (Å²) in [4.78, 5) is 20.4. The van der Waals surface area contributed by atoms with Crippen LogP contribution in [0, 0.1) is 18.3 Å². The Hall–Kier alpha value is -3.95. The van der Waals surface area contributed by atoms with E-state index in [0.717, 1.165) is 46.7 Å². The molecule has 0 saturated carbocycles. The normalized spacial score (nSPS) is 18.1. The first-order valence-electron chi connectivity index (χ1n) is 11.5. The van der Waals surface area contributed by atoms with Crippen LogP contribution in [0.1, 0.15) is 25.0 Å². The predicted molar refractivity (Wildman–Crippen MR) is 134 cm³/mol. The molecule has 0 amide bonds. The van der Waals surface area contributed by atoms with Gasteiger partial charge >= 0.3 is 0 Å². The Morgan fingerprint density at radius 1 is 1.03 bits per heavy atom. The fourth-order valence-corrected chi connectivity index (χ4v) is 4.83. The monoisotopic (exact) mass is 450 g/mol. The van der Waals surface area contributed by atoms with Gasteiger partial charge in [-0.15, -0.1) is 0 Å². The molecule has 0 aliphatic carbocycles. The van der Waals surface area contributed by atoms with Gasteiger partial charge in [-0.3, -0.25) is 9.36 Å². The Labute approximate surface area is 198 Å². The molecule has 0 bridgehead atoms. The molecule has 1 aliphatic heterocycles. The Kier molecular flexibility index (Phi) is 5.64. The van der Waals surface area contributed by atoms with E-state index >= 15 is 0 Å². The van der Waals surface area contributed by atoms with Gasteiger partial charge in [-0.25, -0.2) is 4.98 Å². The van der Waals surface area contributed by atoms with E-state index in [4.69, 9.17) is 10.00 Å². The SMILES string of the molecule is Cc1cn(-c2ccc(N3CC(C)OC(C)C3)nc2)c(=O)c2cccc(-c3ccc(C#N)cc3)c12. The van der Waals surface area contributed by atoms with Gasteiger partial charge in [0.15, 0.2) is 0 Å². The molecule has 3 heterocycles. The molecule has 2 aromatic carbocycles. The van der Waals surface area contributed by atoms with Crippen LogP contribution < -0.4 is 10.5 Å². The van der Waals surface area contributed by atoms with Crippen LogP contribution >= 0.6 is 0 Å². The van der Waals surface area contributed by atoms with E-state index < -0.39 is 0 Å². The van der Waals surface area contributed by atoms with E-state index in [9.17, 15) is 4.79 Å². The zero-order valence-electron chi connectivity index (χ0n) is 19.5. The zero-order valence-corrected chi connectivity index (χ0v) is 19.5. The summed E-state index contributed by atoms with van der Waals surface area (Å²) in [6.07, 6.45) is 3.95. The number of morpholine rings is 1. The molecule has 1 aliphatic rings. The number of pyridine rings is 2. The van der Waals surface area contributed by atoms with Gasteiger partial charge in [-0.1, -0.05) is 24.3 Å². The Morgan fingerprint density at radius 3 is 2.41 bits per heavy atom. The van der Waals surface area contributed by atoms with Crippen LogP contribution in [0.25, 0.3) is 27.6 Å². The van der Waals surface area contributed by atoms with Gasteiger partial charge in [0.25, 0.3) is 5.56 Å². The molecule has 5 rings (SSSR count). The van der Waals surface area contributed by atoms with E-state index in [1.165, 1.54) is 0 Å². The number of benzene rings is 2. The third-order valence-corrected chi connectivity index (χ3v) is 6.31. The molecule has 6 nitrogen and oxygen atoms in total. The highest BCUT2D eigenvalue weighted by molar-refractivity contribution is 5.98. The Bertz CT molecular complexity index is 1440. The number of aryl methyl sites for hydroxylation is 1. The van der Waals surface area contributed by atoms with Crippen LogP contribution in [0.4, 0.5) is 5.82 Å². The first kappa shape index (κ1) is 21.9. The van der Waals surface area contributed by atoms with Crippen molar-refractivity contribution in [2.24, 2.45) is 0 Å². The summed E-state index contributed by atoms with van der Waals surface area (Å²) >= 11 is 0. The van der Waals surface area contributed by atoms with Crippen molar-refractivity contribution in [2.45, 2.75) is 33.0 Å². The number of nitriles is 1. The standard InChI is InChI=1S/C28H26N4O2/c1-18-15-32(23-11-12-26(30-14-23)31-16-19(2)34-20(3)17-31)28(33)25-6-4-5-24(27(18)25)22-9-7-21(13-29)8-10-22/h4-12,14-15,19-20H,16-17H2,1-3H3. The average Bonchev–Trinajstić information content (AvgIpc) is 2.85. The van der Waals surface area contributed by atoms with Gasteiger partial charge in [0.1, 0.15) is 5.82 Å². The molecule has 6 heteroatoms. The first-order valence-corrected chi connectivity index (χ1v) is 11.5. The second-order valence-corrected chi connectivity index (χ2v) is 8.94. The van der Waals surface area contributed by atoms with Gasteiger partial charge < -0.3 is 9.64 Å². The van der Waals surface area contributed by atoms with Crippen LogP contribution in [0.2, 0.25) is 0 Å². The molecule has 4 aromatic rings. The number of ether oxygens (including phenoxy) is 1. The summed E-state index contributed by atoms with van der Waals surface area (Å²) in [5, 5.41) is 10.7. The van der Waals surface area contributed by atoms with Crippen molar-refractivity contribution in [1.29, 1.82) is 5.26 Å². The highest BCUT2D eigenvalue weighted by atomic mass is 16.5. The van der Waals surface area contributed by atoms with Crippen molar-refractivity contribution in [2.75, 3.05) is 18.0 Å². The van der Waals surface area contributed by atoms with Crippen LogP contribution in [0.5, 0.6) is 0 Å². The van der Waals surface area contributed by atoms with Crippen molar-refractivity contribution in [3.05, 3.63) is 88.5 Å². The number of anilines is 1. The molecule has 170 valence electrons. The molecule has 1 fully saturated rings. The third-order valence-electron chi connectivity index (χ3n) is 6.31. The Balaban J connectivity index is 1.55. The van der Waals surface area contributed by atoms with Crippen molar-refractivity contribution in [1.82, 2.24) is 9.55 Å². The van der Waals surface area contributed by atoms with Gasteiger partial charge in [-0.2, -0.15) is 5.26 Å². The molecule has 1 saturated heterocycles. The molecule has 2 unspecified atom stereocenters. The van der Waals surface area contributed by atoms with E-state index in [1.54, 1.807) is 22.9 Å². The molecule has 0 spiro atoms. The van der Waals surface area contributed by atoms with Crippen LogP contribution in [0.15, 0.2) is 71.8 Å². The zero-order chi connectivity index (χ0) is 23.8. The van der Waals surface area contributed by atoms with Crippen LogP contribution in [-0.4, -0.2) is 34.8 Å². The number of aromatic nitrogens is 2. The lowest BCUT2D eigenvalue weighted by Gasteiger charge is -2.36. The summed E-state index contributed by atoms with van der Waals surface area (Å²) in [6, 6.07) is 19.3. The second kappa shape index (κ2) is 8.77. The summed E-state index contributed by atoms with van der Waals surface area (Å²) in [5.41, 5.74) is 4.21. The molecule has 34 heavy (non-hydrogen) atoms. The molecular formula is C28H26N4O2. The highest BCUT2D eigenvalue weighted by Crippen LogP contribution is 2.30. The number of rotatable bonds is 3. The van der Waals surface area contributed by atoms with Gasteiger partial charge in [0, 0.05) is 24.7 Å². The fraction of sp³-hybridized carbons (Fsp3) is 0.250. The number of hydrogen-bond acceptors (Lipinski definition) is 5. The quantitative estimate of drug-likeness (QED) is 0.446. The molecule has 2 atom stereocenters. The lowest BCUT2D eigenvalue weighted by molar-refractivity contribution is -0.00545. The lowest BCUT2D eigenvalue weighted by atomic mass is 9.96. The maximum absolute atomic E-state index is 13.5. The van der Waals surface area contributed by atoms with E-state index in [-0.39, 0.29) is 17.8 Å². The number of nitrogens with zero attached hydrogens (tertiary/aromatic N) is 4. The number of hydrogen-bond donors (Lipinski definition) is 0. The predicted octanol–water partition coefficient (Wildman–Crippen LogP) is 4.85. The summed E-state index contributed by atoms with van der Waals surface area (Å²) < 4.78 is 7.49. The van der Waals surface area contributed by atoms with Gasteiger partial charge in [-0.05, 0) is 73.2 Å². The van der Waals surface area contributed by atoms with E-state index in [1.807, 2.05) is 55.6 Å². The minimum absolute atomic E-state index is 0.0840. The third kappa shape index (κ3) is 3.95. The molecule has 2 aromatic heterocycles. The Morgan fingerprint density at radius 2 is 1.76 bits per heavy atom. The number of fused-ring (bicyclic) bond motifs is 1.